The van der Waals surface area contributed by atoms with Gasteiger partial charge in [-0.1, -0.05) is 231 Å². The van der Waals surface area contributed by atoms with Gasteiger partial charge >= 0.3 is 0 Å². The van der Waals surface area contributed by atoms with E-state index in [-0.39, 0.29) is 0 Å². The Morgan fingerprint density at radius 3 is 1.24 bits per heavy atom. The zero-order chi connectivity index (χ0) is 47.5. The maximum Gasteiger partial charge on any atom is 0.143 e. The topological polar surface area (TPSA) is 16.4 Å². The Hall–Kier alpha value is -9.50. The van der Waals surface area contributed by atoms with E-state index in [1.807, 2.05) is 0 Å². The average Bonchev–Trinajstić information content (AvgIpc) is 3.85. The van der Waals surface area contributed by atoms with Crippen molar-refractivity contribution in [3.63, 3.8) is 0 Å². The van der Waals surface area contributed by atoms with E-state index in [4.69, 9.17) is 4.42 Å². The lowest BCUT2D eigenvalue weighted by atomic mass is 9.94. The average molecular weight is 916 g/mol. The summed E-state index contributed by atoms with van der Waals surface area (Å²) >= 11 is 0. The Bertz CT molecular complexity index is 4320. The summed E-state index contributed by atoms with van der Waals surface area (Å²) in [6, 6.07) is 99.0. The standard InChI is InChI=1S/C70H45NO/c1-2-14-46(15-3-1)48-34-38-54(39-35-48)71(56-42-43-64-62-23-7-6-21-60(62)61-22-8-9-24-63(61)68(64)45-56)55-40-36-49(37-41-55)47-30-32-50(33-31-47)52-18-10-19-53(44-52)58-25-12-28-66-67-29-13-27-65(70(67)72-69(58)66)59-26-11-17-51-16-4-5-20-57(51)59/h1-45H. The number of hydrogen-bond donors (Lipinski definition) is 0. The molecule has 0 spiro atoms. The Morgan fingerprint density at radius 2 is 0.597 bits per heavy atom. The summed E-state index contributed by atoms with van der Waals surface area (Å²) in [5.74, 6) is 0. The van der Waals surface area contributed by atoms with Crippen LogP contribution in [0.1, 0.15) is 0 Å². The zero-order valence-corrected chi connectivity index (χ0v) is 39.3. The molecule has 0 aliphatic carbocycles. The van der Waals surface area contributed by atoms with Crippen molar-refractivity contribution in [1.82, 2.24) is 0 Å². The first-order valence-corrected chi connectivity index (χ1v) is 24.7. The van der Waals surface area contributed by atoms with Crippen molar-refractivity contribution in [3.05, 3.63) is 273 Å². The van der Waals surface area contributed by atoms with E-state index < -0.39 is 0 Å². The Morgan fingerprint density at radius 1 is 0.208 bits per heavy atom. The molecule has 2 heteroatoms. The fraction of sp³-hybridized carbons (Fsp3) is 0. The van der Waals surface area contributed by atoms with Crippen molar-refractivity contribution in [2.24, 2.45) is 0 Å². The molecule has 0 bridgehead atoms. The highest BCUT2D eigenvalue weighted by molar-refractivity contribution is 6.26. The maximum absolute atomic E-state index is 6.92. The molecule has 1 heterocycles. The van der Waals surface area contributed by atoms with Crippen LogP contribution in [-0.2, 0) is 0 Å². The van der Waals surface area contributed by atoms with Gasteiger partial charge in [-0.25, -0.2) is 0 Å². The molecule has 0 amide bonds. The molecule has 0 aliphatic rings. The molecule has 0 saturated carbocycles. The van der Waals surface area contributed by atoms with E-state index >= 15 is 0 Å². The van der Waals surface area contributed by atoms with Crippen molar-refractivity contribution >= 4 is 82.1 Å². The van der Waals surface area contributed by atoms with Gasteiger partial charge in [0.15, 0.2) is 0 Å². The van der Waals surface area contributed by atoms with Gasteiger partial charge < -0.3 is 9.32 Å². The monoisotopic (exact) mass is 915 g/mol. The van der Waals surface area contributed by atoms with Gasteiger partial charge in [-0.3, -0.25) is 0 Å². The maximum atomic E-state index is 6.92. The molecule has 13 aromatic carbocycles. The van der Waals surface area contributed by atoms with E-state index in [0.29, 0.717) is 0 Å². The van der Waals surface area contributed by atoms with Crippen molar-refractivity contribution in [1.29, 1.82) is 0 Å². The lowest BCUT2D eigenvalue weighted by molar-refractivity contribution is 0.671. The number of hydrogen-bond acceptors (Lipinski definition) is 2. The smallest absolute Gasteiger partial charge is 0.143 e. The van der Waals surface area contributed by atoms with Crippen LogP contribution in [0.25, 0.3) is 121 Å². The molecular weight excluding hydrogens is 871 g/mol. The summed E-state index contributed by atoms with van der Waals surface area (Å²) in [7, 11) is 0. The van der Waals surface area contributed by atoms with Crippen LogP contribution in [0.3, 0.4) is 0 Å². The van der Waals surface area contributed by atoms with Crippen molar-refractivity contribution in [2.75, 3.05) is 4.90 Å². The zero-order valence-electron chi connectivity index (χ0n) is 39.3. The predicted octanol–water partition coefficient (Wildman–Crippen LogP) is 20.0. The number of benzene rings is 13. The molecule has 0 aliphatic heterocycles. The number of fused-ring (bicyclic) bond motifs is 10. The van der Waals surface area contributed by atoms with Gasteiger partial charge in [-0.05, 0) is 130 Å². The SMILES string of the molecule is c1ccc(-c2ccc(N(c3ccc(-c4ccc(-c5cccc(-c6cccc7c6oc6c(-c8cccc9ccccc89)cccc67)c5)cc4)cc3)c3ccc4c5ccccc5c5ccccc5c4c3)cc2)cc1. The first kappa shape index (κ1) is 41.5. The van der Waals surface area contributed by atoms with Crippen molar-refractivity contribution < 1.29 is 4.42 Å². The molecule has 0 fully saturated rings. The highest BCUT2D eigenvalue weighted by atomic mass is 16.3. The first-order chi connectivity index (χ1) is 35.7. The van der Waals surface area contributed by atoms with Crippen LogP contribution in [0.2, 0.25) is 0 Å². The van der Waals surface area contributed by atoms with Gasteiger partial charge in [0.2, 0.25) is 0 Å². The van der Waals surface area contributed by atoms with Gasteiger partial charge in [0.05, 0.1) is 0 Å². The number of anilines is 3. The van der Waals surface area contributed by atoms with Crippen LogP contribution in [0.5, 0.6) is 0 Å². The van der Waals surface area contributed by atoms with Gasteiger partial charge in [0.1, 0.15) is 11.2 Å². The Labute approximate surface area is 417 Å². The third kappa shape index (κ3) is 7.03. The third-order valence-electron chi connectivity index (χ3n) is 14.7. The second-order valence-corrected chi connectivity index (χ2v) is 18.8. The number of nitrogens with zero attached hydrogens (tertiary/aromatic N) is 1. The second-order valence-electron chi connectivity index (χ2n) is 18.8. The summed E-state index contributed by atoms with van der Waals surface area (Å²) in [6.45, 7) is 0. The van der Waals surface area contributed by atoms with Crippen molar-refractivity contribution in [3.8, 4) is 55.6 Å². The molecule has 0 saturated heterocycles. The van der Waals surface area contributed by atoms with Gasteiger partial charge in [0.25, 0.3) is 0 Å². The Kier molecular flexibility index (Phi) is 9.89. The molecule has 72 heavy (non-hydrogen) atoms. The molecule has 14 rings (SSSR count). The normalized spacial score (nSPS) is 11.6. The molecule has 0 atom stereocenters. The van der Waals surface area contributed by atoms with Crippen LogP contribution in [0.15, 0.2) is 277 Å². The number of para-hydroxylation sites is 2. The van der Waals surface area contributed by atoms with E-state index in [9.17, 15) is 0 Å². The van der Waals surface area contributed by atoms with E-state index in [0.717, 1.165) is 72.4 Å². The summed E-state index contributed by atoms with van der Waals surface area (Å²) in [6.07, 6.45) is 0. The van der Waals surface area contributed by atoms with Gasteiger partial charge in [0, 0.05) is 39.0 Å². The molecular formula is C70H45NO. The van der Waals surface area contributed by atoms with Gasteiger partial charge in [-0.15, -0.1) is 0 Å². The summed E-state index contributed by atoms with van der Waals surface area (Å²) in [4.78, 5) is 2.38. The lowest BCUT2D eigenvalue weighted by Gasteiger charge is -2.26. The van der Waals surface area contributed by atoms with Crippen LogP contribution >= 0.6 is 0 Å². The van der Waals surface area contributed by atoms with Crippen LogP contribution in [-0.4, -0.2) is 0 Å². The summed E-state index contributed by atoms with van der Waals surface area (Å²) in [5, 5.41) is 12.3. The molecule has 0 unspecified atom stereocenters. The predicted molar refractivity (Wildman–Crippen MR) is 306 cm³/mol. The lowest BCUT2D eigenvalue weighted by Crippen LogP contribution is -2.10. The van der Waals surface area contributed by atoms with Gasteiger partial charge in [-0.2, -0.15) is 0 Å². The highest BCUT2D eigenvalue weighted by Crippen LogP contribution is 2.44. The van der Waals surface area contributed by atoms with Crippen LogP contribution < -0.4 is 4.90 Å². The minimum Gasteiger partial charge on any atom is -0.455 e. The fourth-order valence-corrected chi connectivity index (χ4v) is 11.2. The molecule has 0 radical (unpaired) electrons. The van der Waals surface area contributed by atoms with E-state index in [2.05, 4.69) is 278 Å². The summed E-state index contributed by atoms with van der Waals surface area (Å²) in [5.41, 5.74) is 16.6. The van der Waals surface area contributed by atoms with E-state index in [1.165, 1.54) is 65.3 Å². The van der Waals surface area contributed by atoms with Crippen molar-refractivity contribution in [2.45, 2.75) is 0 Å². The van der Waals surface area contributed by atoms with Crippen LogP contribution in [0, 0.1) is 0 Å². The molecule has 1 aromatic heterocycles. The minimum atomic E-state index is 0.904. The first-order valence-electron chi connectivity index (χ1n) is 24.7. The third-order valence-corrected chi connectivity index (χ3v) is 14.7. The minimum absolute atomic E-state index is 0.904. The molecule has 2 nitrogen and oxygen atoms in total. The molecule has 0 N–H and O–H groups in total. The van der Waals surface area contributed by atoms with Crippen LogP contribution in [0.4, 0.5) is 17.1 Å². The molecule has 336 valence electrons. The highest BCUT2D eigenvalue weighted by Gasteiger charge is 2.19. The number of rotatable bonds is 8. The second kappa shape index (κ2) is 17.2. The largest absolute Gasteiger partial charge is 0.455 e. The van der Waals surface area contributed by atoms with E-state index in [1.54, 1.807) is 0 Å². The Balaban J connectivity index is 0.796. The quantitative estimate of drug-likeness (QED) is 0.141. The number of furan rings is 1. The summed E-state index contributed by atoms with van der Waals surface area (Å²) < 4.78 is 6.92. The molecule has 14 aromatic rings. The fourth-order valence-electron chi connectivity index (χ4n) is 11.2.